The standard InChI is InChI=1S/C90H63FN6O3S/c1-90(2)71-30-16-27-62(57-44-58(46-59(91)45-57)72-42-43-93-87(52-20-8-5-9-21-52)97-89(95-72)68-29-17-32-74-76(68)66-23-10-12-31-73(66)98-74)77(71)79-80(90)83-69-47-54(38-40-64(69)82(79)99-83)50-34-36-53(37-35-50)88(96-86(92-3)51-18-6-4-7-19-51)94-49-56-22-14-28-63-60(25-15-26-61(56)63)55-39-41-65-70(48-55)84-85-78(81(65)100-84)67-24-11-13-33-75(67)101-85/h4-42,44-48,79-80,82-83H,43,49H2,1-3H3,(H,92,94,96)(H,93,95,97)/b72-42+. The molecular weight excluding hydrogens is 1260 g/mol. The molecule has 0 spiro atoms. The zero-order chi connectivity index (χ0) is 67.2. The van der Waals surface area contributed by atoms with Crippen LogP contribution in [0, 0.1) is 11.7 Å². The number of amidine groups is 4. The normalized spacial score (nSPS) is 19.5. The van der Waals surface area contributed by atoms with Crippen LogP contribution in [0.1, 0.15) is 87.6 Å². The number of fused-ring (bicyclic) bond motifs is 24. The van der Waals surface area contributed by atoms with E-state index in [4.69, 9.17) is 33.5 Å². The average Bonchev–Trinajstić information content (AvgIpc) is 1.52. The summed E-state index contributed by atoms with van der Waals surface area (Å²) in [5, 5.41) is 16.0. The van der Waals surface area contributed by atoms with Crippen molar-refractivity contribution in [2.45, 2.75) is 43.9 Å². The molecule has 1 aliphatic carbocycles. The van der Waals surface area contributed by atoms with E-state index >= 15 is 4.39 Å². The minimum Gasteiger partial charge on any atom is -0.456 e. The summed E-state index contributed by atoms with van der Waals surface area (Å²) < 4.78 is 39.3. The number of hydrogen-bond donors (Lipinski definition) is 2. The van der Waals surface area contributed by atoms with Crippen LogP contribution < -0.4 is 10.6 Å². The van der Waals surface area contributed by atoms with Crippen molar-refractivity contribution < 1.29 is 18.0 Å². The molecule has 0 amide bonds. The number of furan rings is 3. The minimum absolute atomic E-state index is 0.0506. The first-order valence-electron chi connectivity index (χ1n) is 34.6. The summed E-state index contributed by atoms with van der Waals surface area (Å²) in [4.78, 5) is 21.4. The Morgan fingerprint density at radius 1 is 0.545 bits per heavy atom. The van der Waals surface area contributed by atoms with Gasteiger partial charge in [-0.3, -0.25) is 4.99 Å². The molecule has 484 valence electrons. The molecule has 16 aromatic rings. The Morgan fingerprint density at radius 3 is 2.14 bits per heavy atom. The van der Waals surface area contributed by atoms with Crippen LogP contribution >= 0.6 is 11.3 Å². The molecule has 11 heteroatoms. The largest absolute Gasteiger partial charge is 0.456 e. The van der Waals surface area contributed by atoms with Gasteiger partial charge in [0.25, 0.3) is 0 Å². The molecule has 9 nitrogen and oxygen atoms in total. The number of thiophene rings is 1. The zero-order valence-corrected chi connectivity index (χ0v) is 56.2. The monoisotopic (exact) mass is 1330 g/mol. The molecule has 0 saturated carbocycles. The Balaban J connectivity index is 0.613. The van der Waals surface area contributed by atoms with Crippen molar-refractivity contribution in [3.8, 4) is 33.4 Å². The van der Waals surface area contributed by atoms with E-state index in [9.17, 15) is 0 Å². The lowest BCUT2D eigenvalue weighted by molar-refractivity contribution is 0.0468. The molecule has 4 aromatic heterocycles. The van der Waals surface area contributed by atoms with Crippen molar-refractivity contribution in [2.75, 3.05) is 13.6 Å². The number of halogens is 1. The lowest BCUT2D eigenvalue weighted by Gasteiger charge is -2.33. The van der Waals surface area contributed by atoms with Crippen molar-refractivity contribution >= 4 is 115 Å². The van der Waals surface area contributed by atoms with E-state index in [1.54, 1.807) is 12.1 Å². The summed E-state index contributed by atoms with van der Waals surface area (Å²) in [5.74, 6) is 2.38. The zero-order valence-electron chi connectivity index (χ0n) is 55.4. The first-order valence-corrected chi connectivity index (χ1v) is 35.4. The summed E-state index contributed by atoms with van der Waals surface area (Å²) >= 11 is 1.81. The van der Waals surface area contributed by atoms with Gasteiger partial charge >= 0.3 is 0 Å². The number of benzene rings is 13. The molecule has 7 heterocycles. The molecule has 1 saturated heterocycles. The fourth-order valence-electron chi connectivity index (χ4n) is 17.1. The highest BCUT2D eigenvalue weighted by Gasteiger charge is 2.63. The van der Waals surface area contributed by atoms with Gasteiger partial charge < -0.3 is 24.2 Å². The molecule has 0 radical (unpaired) electrons. The molecule has 101 heavy (non-hydrogen) atoms. The predicted octanol–water partition coefficient (Wildman–Crippen LogP) is 21.9. The van der Waals surface area contributed by atoms with Crippen LogP contribution in [0.3, 0.4) is 0 Å². The predicted molar refractivity (Wildman–Crippen MR) is 412 cm³/mol. The van der Waals surface area contributed by atoms with E-state index in [-0.39, 0.29) is 35.3 Å². The maximum absolute atomic E-state index is 16.7. The highest BCUT2D eigenvalue weighted by Crippen LogP contribution is 2.71. The number of aliphatic imine (C=N–C) groups is 4. The maximum Gasteiger partial charge on any atom is 0.162 e. The van der Waals surface area contributed by atoms with Gasteiger partial charge in [-0.1, -0.05) is 220 Å². The summed E-state index contributed by atoms with van der Waals surface area (Å²) in [6, 6.07) is 90.4. The van der Waals surface area contributed by atoms with Gasteiger partial charge in [0.15, 0.2) is 17.3 Å². The molecule has 4 unspecified atom stereocenters. The first kappa shape index (κ1) is 59.2. The second kappa shape index (κ2) is 23.1. The van der Waals surface area contributed by atoms with Crippen LogP contribution in [-0.4, -0.2) is 36.9 Å². The molecule has 20 rings (SSSR count). The van der Waals surface area contributed by atoms with E-state index in [2.05, 4.69) is 188 Å². The topological polar surface area (TPSA) is 109 Å². The van der Waals surface area contributed by atoms with Crippen LogP contribution in [0.5, 0.6) is 0 Å². The Kier molecular flexibility index (Phi) is 13.5. The van der Waals surface area contributed by atoms with Crippen molar-refractivity contribution in [3.05, 3.63) is 328 Å². The summed E-state index contributed by atoms with van der Waals surface area (Å²) in [6.45, 7) is 5.57. The molecule has 4 atom stereocenters. The maximum atomic E-state index is 16.7. The van der Waals surface area contributed by atoms with Crippen LogP contribution in [0.2, 0.25) is 0 Å². The van der Waals surface area contributed by atoms with Gasteiger partial charge in [-0.2, -0.15) is 0 Å². The lowest BCUT2D eigenvalue weighted by Crippen LogP contribution is -2.30. The van der Waals surface area contributed by atoms with Gasteiger partial charge in [0.2, 0.25) is 0 Å². The second-order valence-electron chi connectivity index (χ2n) is 27.5. The fourth-order valence-corrected chi connectivity index (χ4v) is 18.3. The summed E-state index contributed by atoms with van der Waals surface area (Å²) in [5.41, 5.74) is 20.5. The molecule has 12 aromatic carbocycles. The second-order valence-corrected chi connectivity index (χ2v) is 28.6. The van der Waals surface area contributed by atoms with E-state index in [1.165, 1.54) is 47.8 Å². The fraction of sp³-hybridized carbons (Fsp3) is 0.111. The van der Waals surface area contributed by atoms with Crippen molar-refractivity contribution in [2.24, 2.45) is 25.9 Å². The molecule has 4 aliphatic rings. The first-order chi connectivity index (χ1) is 49.7. The number of nitrogens with zero attached hydrogens (tertiary/aromatic N) is 4. The average molecular weight is 1330 g/mol. The molecule has 1 fully saturated rings. The van der Waals surface area contributed by atoms with Crippen molar-refractivity contribution in [3.63, 3.8) is 0 Å². The number of para-hydroxylation sites is 1. The third kappa shape index (κ3) is 9.44. The van der Waals surface area contributed by atoms with Crippen LogP contribution in [0.15, 0.2) is 296 Å². The highest BCUT2D eigenvalue weighted by molar-refractivity contribution is 7.27. The van der Waals surface area contributed by atoms with Gasteiger partial charge in [-0.25, -0.2) is 19.4 Å². The molecule has 4 bridgehead atoms. The Labute approximate surface area is 585 Å². The smallest absolute Gasteiger partial charge is 0.162 e. The van der Waals surface area contributed by atoms with E-state index in [0.717, 1.165) is 116 Å². The number of hydrogen-bond acceptors (Lipinski definition) is 8. The van der Waals surface area contributed by atoms with Crippen LogP contribution in [0.25, 0.3) is 114 Å². The van der Waals surface area contributed by atoms with Gasteiger partial charge in [0, 0.05) is 90.3 Å². The van der Waals surface area contributed by atoms with Crippen molar-refractivity contribution in [1.82, 2.24) is 10.6 Å². The number of rotatable bonds is 10. The number of ether oxygens (including phenoxy) is 1. The molecule has 2 N–H and O–H groups in total. The van der Waals surface area contributed by atoms with Gasteiger partial charge in [-0.15, -0.1) is 11.3 Å². The van der Waals surface area contributed by atoms with E-state index in [1.807, 2.05) is 109 Å². The van der Waals surface area contributed by atoms with Crippen LogP contribution in [-0.2, 0) is 16.7 Å². The molecule has 3 aliphatic heterocycles. The third-order valence-electron chi connectivity index (χ3n) is 21.6. The Bertz CT molecular complexity index is 6270. The van der Waals surface area contributed by atoms with Crippen molar-refractivity contribution in [1.29, 1.82) is 0 Å². The Morgan fingerprint density at radius 2 is 1.27 bits per heavy atom. The summed E-state index contributed by atoms with van der Waals surface area (Å²) in [7, 11) is 1.91. The quantitative estimate of drug-likeness (QED) is 0.105. The Hall–Kier alpha value is -11.9. The molecular formula is C90H63FN6O3S. The van der Waals surface area contributed by atoms with Gasteiger partial charge in [0.1, 0.15) is 34.2 Å². The van der Waals surface area contributed by atoms with Crippen LogP contribution in [0.4, 0.5) is 4.39 Å². The van der Waals surface area contributed by atoms with Gasteiger partial charge in [0.05, 0.1) is 29.1 Å². The SMILES string of the molecule is CN/C(=N\C(=N/Cc1cccc2c(-c3ccc4c(c3)c3oc4c4c5ccccc5sc34)cccc12)c1ccc(-c2ccc3c(c2)C2OC3C3c4c(-c5cc(F)cc(C6=C\CN/C(c7ccccc7)=N/C(c7cccc8oc9ccccc9c78)=N\6)c5)cccc4C(C)(C)C23)cc1)c1ccccc1. The van der Waals surface area contributed by atoms with E-state index < -0.39 is 0 Å². The summed E-state index contributed by atoms with van der Waals surface area (Å²) in [6.07, 6.45) is 1.72. The van der Waals surface area contributed by atoms with Gasteiger partial charge in [-0.05, 0) is 138 Å². The minimum atomic E-state index is -0.343. The van der Waals surface area contributed by atoms with E-state index in [0.29, 0.717) is 41.9 Å². The lowest BCUT2D eigenvalue weighted by atomic mass is 9.67. The number of nitrogens with one attached hydrogen (secondary N) is 2. The third-order valence-corrected chi connectivity index (χ3v) is 22.8. The highest BCUT2D eigenvalue weighted by atomic mass is 32.1.